The van der Waals surface area contributed by atoms with Gasteiger partial charge in [-0.05, 0) is 12.5 Å². The Morgan fingerprint density at radius 3 is 2.79 bits per heavy atom. The van der Waals surface area contributed by atoms with E-state index in [4.69, 9.17) is 16.3 Å². The molecule has 2 heterocycles. The zero-order valence-corrected chi connectivity index (χ0v) is 10.5. The molecule has 0 amide bonds. The summed E-state index contributed by atoms with van der Waals surface area (Å²) in [4.78, 5) is 3.66. The maximum Gasteiger partial charge on any atom is 0.417 e. The highest BCUT2D eigenvalue weighted by atomic mass is 35.5. The maximum absolute atomic E-state index is 12.4. The van der Waals surface area contributed by atoms with Crippen molar-refractivity contribution in [2.45, 2.75) is 24.7 Å². The fraction of sp³-hybridized carbons (Fsp3) is 0.545. The third-order valence-electron chi connectivity index (χ3n) is 2.82. The van der Waals surface area contributed by atoms with E-state index < -0.39 is 17.8 Å². The second-order valence-electron chi connectivity index (χ2n) is 4.23. The highest BCUT2D eigenvalue weighted by Crippen LogP contribution is 2.32. The molecule has 0 aromatic carbocycles. The molecule has 0 spiro atoms. The average Bonchev–Trinajstić information content (AvgIpc) is 2.33. The lowest BCUT2D eigenvalue weighted by Crippen LogP contribution is -2.42. The Morgan fingerprint density at radius 2 is 2.21 bits per heavy atom. The van der Waals surface area contributed by atoms with E-state index in [2.05, 4.69) is 10.3 Å². The van der Waals surface area contributed by atoms with Gasteiger partial charge in [0, 0.05) is 12.8 Å². The van der Waals surface area contributed by atoms with Gasteiger partial charge in [0.1, 0.15) is 5.82 Å². The summed E-state index contributed by atoms with van der Waals surface area (Å²) < 4.78 is 42.4. The first-order valence-corrected chi connectivity index (χ1v) is 6.01. The number of hydrogen-bond acceptors (Lipinski definition) is 4. The van der Waals surface area contributed by atoms with E-state index in [-0.39, 0.29) is 23.5 Å². The Bertz CT molecular complexity index is 456. The number of ether oxygens (including phenoxy) is 1. The van der Waals surface area contributed by atoms with Crippen LogP contribution in [0.4, 0.5) is 19.0 Å². The number of halogens is 4. The number of nitrogens with one attached hydrogen (secondary N) is 1. The molecular formula is C11H12ClF3N2O2. The number of aromatic nitrogens is 1. The number of aliphatic hydroxyl groups excluding tert-OH is 1. The Hall–Kier alpha value is -1.05. The normalized spacial score (nSPS) is 24.3. The summed E-state index contributed by atoms with van der Waals surface area (Å²) in [6, 6.07) is 0.471. The number of alkyl halides is 3. The molecule has 0 aliphatic carbocycles. The second-order valence-corrected chi connectivity index (χ2v) is 4.64. The molecule has 0 radical (unpaired) electrons. The van der Waals surface area contributed by atoms with Crippen LogP contribution >= 0.6 is 11.6 Å². The first-order chi connectivity index (χ1) is 8.88. The van der Waals surface area contributed by atoms with E-state index in [0.717, 1.165) is 6.07 Å². The summed E-state index contributed by atoms with van der Waals surface area (Å²) in [7, 11) is 0. The topological polar surface area (TPSA) is 54.4 Å². The second kappa shape index (κ2) is 5.52. The minimum Gasteiger partial charge on any atom is -0.389 e. The molecular weight excluding hydrogens is 285 g/mol. The molecule has 2 rings (SSSR count). The van der Waals surface area contributed by atoms with Crippen molar-refractivity contribution in [1.29, 1.82) is 0 Å². The van der Waals surface area contributed by atoms with Crippen molar-refractivity contribution in [3.05, 3.63) is 22.8 Å². The van der Waals surface area contributed by atoms with Gasteiger partial charge in [-0.1, -0.05) is 11.6 Å². The van der Waals surface area contributed by atoms with Crippen LogP contribution in [0.2, 0.25) is 5.02 Å². The van der Waals surface area contributed by atoms with Gasteiger partial charge in [-0.2, -0.15) is 13.2 Å². The summed E-state index contributed by atoms with van der Waals surface area (Å²) >= 11 is 5.76. The molecule has 1 aliphatic heterocycles. The maximum atomic E-state index is 12.4. The van der Waals surface area contributed by atoms with Crippen molar-refractivity contribution in [2.24, 2.45) is 0 Å². The van der Waals surface area contributed by atoms with Gasteiger partial charge < -0.3 is 15.2 Å². The van der Waals surface area contributed by atoms with Crippen molar-refractivity contribution in [3.63, 3.8) is 0 Å². The predicted octanol–water partition coefficient (Wildman–Crippen LogP) is 2.32. The number of rotatable bonds is 2. The van der Waals surface area contributed by atoms with Crippen LogP contribution in [0.1, 0.15) is 12.0 Å². The fourth-order valence-corrected chi connectivity index (χ4v) is 1.99. The van der Waals surface area contributed by atoms with Gasteiger partial charge in [0.05, 0.1) is 29.3 Å². The molecule has 1 aromatic rings. The standard InChI is InChI=1S/C11H12ClF3N2O2/c12-7-3-6(11(13,14)15)4-16-10(7)17-8-1-2-19-5-9(8)18/h3-4,8-9,18H,1-2,5H2,(H,16,17)/t8-,9-/m1/s1. The zero-order chi connectivity index (χ0) is 14.0. The number of nitrogens with zero attached hydrogens (tertiary/aromatic N) is 1. The smallest absolute Gasteiger partial charge is 0.389 e. The van der Waals surface area contributed by atoms with Crippen LogP contribution in [-0.4, -0.2) is 35.5 Å². The summed E-state index contributed by atoms with van der Waals surface area (Å²) in [6.45, 7) is 0.642. The summed E-state index contributed by atoms with van der Waals surface area (Å²) in [5, 5.41) is 12.4. The Morgan fingerprint density at radius 1 is 1.47 bits per heavy atom. The van der Waals surface area contributed by atoms with Gasteiger partial charge in [-0.25, -0.2) is 4.98 Å². The quantitative estimate of drug-likeness (QED) is 0.879. The van der Waals surface area contributed by atoms with Crippen molar-refractivity contribution in [3.8, 4) is 0 Å². The van der Waals surface area contributed by atoms with Gasteiger partial charge in [0.25, 0.3) is 0 Å². The predicted molar refractivity (Wildman–Crippen MR) is 63.1 cm³/mol. The first-order valence-electron chi connectivity index (χ1n) is 5.63. The monoisotopic (exact) mass is 296 g/mol. The largest absolute Gasteiger partial charge is 0.417 e. The number of aliphatic hydroxyl groups is 1. The lowest BCUT2D eigenvalue weighted by atomic mass is 10.1. The van der Waals surface area contributed by atoms with Crippen LogP contribution in [0.5, 0.6) is 0 Å². The molecule has 8 heteroatoms. The summed E-state index contributed by atoms with van der Waals surface area (Å²) in [5.41, 5.74) is -0.907. The van der Waals surface area contributed by atoms with E-state index in [1.165, 1.54) is 0 Å². The molecule has 0 bridgehead atoms. The number of pyridine rings is 1. The van der Waals surface area contributed by atoms with E-state index in [1.54, 1.807) is 0 Å². The van der Waals surface area contributed by atoms with Crippen LogP contribution in [-0.2, 0) is 10.9 Å². The molecule has 1 fully saturated rings. The first kappa shape index (κ1) is 14.4. The van der Waals surface area contributed by atoms with Crippen LogP contribution in [0, 0.1) is 0 Å². The van der Waals surface area contributed by atoms with Gasteiger partial charge in [0.2, 0.25) is 0 Å². The van der Waals surface area contributed by atoms with Gasteiger partial charge in [0.15, 0.2) is 0 Å². The molecule has 2 N–H and O–H groups in total. The molecule has 2 atom stereocenters. The van der Waals surface area contributed by atoms with Crippen molar-refractivity contribution in [2.75, 3.05) is 18.5 Å². The highest BCUT2D eigenvalue weighted by molar-refractivity contribution is 6.33. The third-order valence-corrected chi connectivity index (χ3v) is 3.11. The summed E-state index contributed by atoms with van der Waals surface area (Å²) in [6.07, 6.45) is -3.98. The minimum atomic E-state index is -4.48. The lowest BCUT2D eigenvalue weighted by Gasteiger charge is -2.29. The van der Waals surface area contributed by atoms with Crippen LogP contribution in [0.25, 0.3) is 0 Å². The van der Waals surface area contributed by atoms with Crippen molar-refractivity contribution < 1.29 is 23.0 Å². The average molecular weight is 297 g/mol. The Balaban J connectivity index is 2.13. The molecule has 0 saturated carbocycles. The number of hydrogen-bond donors (Lipinski definition) is 2. The molecule has 0 unspecified atom stereocenters. The SMILES string of the molecule is O[C@@H]1COCC[C@H]1Nc1ncc(C(F)(F)F)cc1Cl. The Labute approximate surface area is 112 Å². The minimum absolute atomic E-state index is 0.126. The molecule has 4 nitrogen and oxygen atoms in total. The third kappa shape index (κ3) is 3.49. The Kier molecular flexibility index (Phi) is 4.17. The van der Waals surface area contributed by atoms with E-state index in [9.17, 15) is 18.3 Å². The van der Waals surface area contributed by atoms with Crippen LogP contribution < -0.4 is 5.32 Å². The number of anilines is 1. The van der Waals surface area contributed by atoms with Gasteiger partial charge in [-0.3, -0.25) is 0 Å². The van der Waals surface area contributed by atoms with Crippen molar-refractivity contribution in [1.82, 2.24) is 4.98 Å². The van der Waals surface area contributed by atoms with Crippen LogP contribution in [0.3, 0.4) is 0 Å². The van der Waals surface area contributed by atoms with Gasteiger partial charge in [-0.15, -0.1) is 0 Å². The summed E-state index contributed by atoms with van der Waals surface area (Å²) in [5.74, 6) is 0.126. The molecule has 1 aliphatic rings. The van der Waals surface area contributed by atoms with Gasteiger partial charge >= 0.3 is 6.18 Å². The van der Waals surface area contributed by atoms with E-state index in [0.29, 0.717) is 19.2 Å². The fourth-order valence-electron chi connectivity index (χ4n) is 1.77. The van der Waals surface area contributed by atoms with E-state index >= 15 is 0 Å². The highest BCUT2D eigenvalue weighted by Gasteiger charge is 2.32. The molecule has 19 heavy (non-hydrogen) atoms. The zero-order valence-electron chi connectivity index (χ0n) is 9.75. The molecule has 1 aromatic heterocycles. The molecule has 106 valence electrons. The van der Waals surface area contributed by atoms with Crippen LogP contribution in [0.15, 0.2) is 12.3 Å². The lowest BCUT2D eigenvalue weighted by molar-refractivity contribution is -0.137. The van der Waals surface area contributed by atoms with Crippen molar-refractivity contribution >= 4 is 17.4 Å². The molecule has 1 saturated heterocycles. The van der Waals surface area contributed by atoms with E-state index in [1.807, 2.05) is 0 Å².